The third-order valence-corrected chi connectivity index (χ3v) is 3.41. The van der Waals surface area contributed by atoms with Crippen LogP contribution in [0.3, 0.4) is 0 Å². The Morgan fingerprint density at radius 2 is 1.89 bits per heavy atom. The second kappa shape index (κ2) is 6.23. The third kappa shape index (κ3) is 3.59. The Hall–Kier alpha value is -1.31. The Labute approximate surface area is 123 Å². The predicted molar refractivity (Wildman–Crippen MR) is 82.6 cm³/mol. The minimum atomic E-state index is 0.423. The molecule has 2 aromatic rings. The fourth-order valence-electron chi connectivity index (χ4n) is 1.85. The zero-order chi connectivity index (χ0) is 13.8. The van der Waals surface area contributed by atoms with Gasteiger partial charge in [-0.05, 0) is 35.7 Å². The number of halogens is 2. The zero-order valence-corrected chi connectivity index (χ0v) is 12.4. The summed E-state index contributed by atoms with van der Waals surface area (Å²) in [6, 6.07) is 11.6. The first kappa shape index (κ1) is 14.1. The van der Waals surface area contributed by atoms with Crippen LogP contribution in [-0.4, -0.2) is 4.98 Å². The molecular weight excluding hydrogens is 277 g/mol. The lowest BCUT2D eigenvalue weighted by molar-refractivity contribution is 0.833. The highest BCUT2D eigenvalue weighted by atomic mass is 35.5. The highest BCUT2D eigenvalue weighted by molar-refractivity contribution is 6.42. The molecule has 1 heterocycles. The van der Waals surface area contributed by atoms with E-state index in [-0.39, 0.29) is 0 Å². The molecule has 1 aromatic heterocycles. The molecule has 0 aliphatic carbocycles. The van der Waals surface area contributed by atoms with E-state index in [1.54, 1.807) is 6.20 Å². The van der Waals surface area contributed by atoms with Crippen molar-refractivity contribution in [2.24, 2.45) is 5.92 Å². The molecule has 0 amide bonds. The fraction of sp³-hybridized carbons (Fsp3) is 0.188. The fourth-order valence-corrected chi connectivity index (χ4v) is 2.15. The average molecular weight is 292 g/mol. The number of aromatic nitrogens is 1. The van der Waals surface area contributed by atoms with E-state index in [1.165, 1.54) is 0 Å². The van der Waals surface area contributed by atoms with Gasteiger partial charge in [-0.15, -0.1) is 0 Å². The number of benzene rings is 1. The summed E-state index contributed by atoms with van der Waals surface area (Å²) in [6.45, 7) is 4.28. The van der Waals surface area contributed by atoms with Crippen molar-refractivity contribution in [1.29, 1.82) is 0 Å². The van der Waals surface area contributed by atoms with Gasteiger partial charge < -0.3 is 0 Å². The molecule has 0 unspecified atom stereocenters. The van der Waals surface area contributed by atoms with Crippen LogP contribution in [-0.2, 0) is 0 Å². The highest BCUT2D eigenvalue weighted by Gasteiger charge is 2.09. The van der Waals surface area contributed by atoms with E-state index >= 15 is 0 Å². The number of hydrogen-bond donors (Lipinski definition) is 0. The molecule has 0 saturated carbocycles. The first-order valence-corrected chi connectivity index (χ1v) is 6.92. The molecule has 1 aromatic carbocycles. The van der Waals surface area contributed by atoms with Crippen molar-refractivity contribution >= 4 is 28.8 Å². The molecule has 0 aliphatic heterocycles. The number of hydrogen-bond acceptors (Lipinski definition) is 1. The normalized spacial score (nSPS) is 11.9. The monoisotopic (exact) mass is 291 g/mol. The Bertz CT molecular complexity index is 589. The van der Waals surface area contributed by atoms with Crippen molar-refractivity contribution in [1.82, 2.24) is 4.98 Å². The number of rotatable bonds is 3. The molecule has 2 rings (SSSR count). The number of pyridine rings is 1. The summed E-state index contributed by atoms with van der Waals surface area (Å²) in [7, 11) is 0. The average Bonchev–Trinajstić information content (AvgIpc) is 2.40. The van der Waals surface area contributed by atoms with E-state index in [9.17, 15) is 0 Å². The summed E-state index contributed by atoms with van der Waals surface area (Å²) in [5.41, 5.74) is 3.05. The molecule has 0 bridgehead atoms. The van der Waals surface area contributed by atoms with Crippen LogP contribution in [0.5, 0.6) is 0 Å². The molecule has 1 nitrogen and oxygen atoms in total. The van der Waals surface area contributed by atoms with Gasteiger partial charge >= 0.3 is 0 Å². The van der Waals surface area contributed by atoms with Gasteiger partial charge in [0.05, 0.1) is 15.7 Å². The summed E-state index contributed by atoms with van der Waals surface area (Å²) in [4.78, 5) is 4.42. The zero-order valence-electron chi connectivity index (χ0n) is 10.9. The first-order chi connectivity index (χ1) is 9.08. The standard InChI is InChI=1S/C16H15Cl2N/c1-11(2)9-13(16-5-3-4-8-19-16)12-6-7-14(17)15(18)10-12/h3-11H,1-2H3/b13-9-. The molecule has 98 valence electrons. The van der Waals surface area contributed by atoms with E-state index in [2.05, 4.69) is 24.9 Å². The predicted octanol–water partition coefficient (Wildman–Crippen LogP) is 5.48. The maximum atomic E-state index is 6.10. The van der Waals surface area contributed by atoms with E-state index in [1.807, 2.05) is 36.4 Å². The third-order valence-electron chi connectivity index (χ3n) is 2.67. The smallest absolute Gasteiger partial charge is 0.0704 e. The molecule has 0 aliphatic rings. The van der Waals surface area contributed by atoms with Crippen LogP contribution >= 0.6 is 23.2 Å². The van der Waals surface area contributed by atoms with Crippen molar-refractivity contribution in [2.45, 2.75) is 13.8 Å². The summed E-state index contributed by atoms with van der Waals surface area (Å²) in [6.07, 6.45) is 3.98. The van der Waals surface area contributed by atoms with Gasteiger partial charge in [-0.25, -0.2) is 0 Å². The lowest BCUT2D eigenvalue weighted by atomic mass is 9.98. The van der Waals surface area contributed by atoms with Crippen LogP contribution in [0.1, 0.15) is 25.1 Å². The van der Waals surface area contributed by atoms with Gasteiger partial charge in [0.15, 0.2) is 0 Å². The summed E-state index contributed by atoms with van der Waals surface area (Å²) >= 11 is 12.1. The first-order valence-electron chi connectivity index (χ1n) is 6.16. The van der Waals surface area contributed by atoms with E-state index in [4.69, 9.17) is 23.2 Å². The van der Waals surface area contributed by atoms with Crippen molar-refractivity contribution in [3.8, 4) is 0 Å². The van der Waals surface area contributed by atoms with Gasteiger partial charge in [-0.1, -0.05) is 55.3 Å². The summed E-state index contributed by atoms with van der Waals surface area (Å²) in [5.74, 6) is 0.423. The quantitative estimate of drug-likeness (QED) is 0.730. The lowest BCUT2D eigenvalue weighted by Crippen LogP contribution is -1.94. The highest BCUT2D eigenvalue weighted by Crippen LogP contribution is 2.29. The maximum Gasteiger partial charge on any atom is 0.0704 e. The topological polar surface area (TPSA) is 12.9 Å². The molecule has 0 fully saturated rings. The maximum absolute atomic E-state index is 6.10. The Balaban J connectivity index is 2.53. The van der Waals surface area contributed by atoms with Crippen molar-refractivity contribution in [3.05, 3.63) is 70.0 Å². The van der Waals surface area contributed by atoms with Gasteiger partial charge in [-0.2, -0.15) is 0 Å². The Morgan fingerprint density at radius 1 is 1.11 bits per heavy atom. The molecule has 0 spiro atoms. The molecule has 0 N–H and O–H groups in total. The molecule has 0 atom stereocenters. The van der Waals surface area contributed by atoms with Crippen LogP contribution in [0.15, 0.2) is 48.7 Å². The van der Waals surface area contributed by atoms with E-state index in [0.29, 0.717) is 16.0 Å². The second-order valence-electron chi connectivity index (χ2n) is 4.67. The van der Waals surface area contributed by atoms with Crippen LogP contribution in [0.4, 0.5) is 0 Å². The Morgan fingerprint density at radius 3 is 2.47 bits per heavy atom. The molecule has 19 heavy (non-hydrogen) atoms. The van der Waals surface area contributed by atoms with Gasteiger partial charge in [0, 0.05) is 11.8 Å². The summed E-state index contributed by atoms with van der Waals surface area (Å²) in [5, 5.41) is 1.13. The molecule has 0 saturated heterocycles. The van der Waals surface area contributed by atoms with Crippen molar-refractivity contribution in [3.63, 3.8) is 0 Å². The molecule has 0 radical (unpaired) electrons. The summed E-state index contributed by atoms with van der Waals surface area (Å²) < 4.78 is 0. The van der Waals surface area contributed by atoms with E-state index in [0.717, 1.165) is 16.8 Å². The number of allylic oxidation sites excluding steroid dienone is 1. The van der Waals surface area contributed by atoms with Crippen LogP contribution in [0, 0.1) is 5.92 Å². The molecular formula is C16H15Cl2N. The van der Waals surface area contributed by atoms with Crippen LogP contribution in [0.25, 0.3) is 5.57 Å². The Kier molecular flexibility index (Phi) is 4.62. The van der Waals surface area contributed by atoms with Gasteiger partial charge in [0.1, 0.15) is 0 Å². The van der Waals surface area contributed by atoms with Crippen LogP contribution in [0.2, 0.25) is 10.0 Å². The lowest BCUT2D eigenvalue weighted by Gasteiger charge is -2.10. The second-order valence-corrected chi connectivity index (χ2v) is 5.48. The van der Waals surface area contributed by atoms with Crippen molar-refractivity contribution in [2.75, 3.05) is 0 Å². The van der Waals surface area contributed by atoms with E-state index < -0.39 is 0 Å². The largest absolute Gasteiger partial charge is 0.256 e. The molecule has 3 heteroatoms. The van der Waals surface area contributed by atoms with Gasteiger partial charge in [-0.3, -0.25) is 4.98 Å². The SMILES string of the molecule is CC(C)/C=C(/c1ccc(Cl)c(Cl)c1)c1ccccn1. The van der Waals surface area contributed by atoms with Crippen molar-refractivity contribution < 1.29 is 0 Å². The number of nitrogens with zero attached hydrogens (tertiary/aromatic N) is 1. The minimum Gasteiger partial charge on any atom is -0.256 e. The van der Waals surface area contributed by atoms with Gasteiger partial charge in [0.25, 0.3) is 0 Å². The van der Waals surface area contributed by atoms with Crippen LogP contribution < -0.4 is 0 Å². The van der Waals surface area contributed by atoms with Gasteiger partial charge in [0.2, 0.25) is 0 Å². The minimum absolute atomic E-state index is 0.423.